The van der Waals surface area contributed by atoms with Crippen LogP contribution in [0.1, 0.15) is 26.5 Å². The van der Waals surface area contributed by atoms with Gasteiger partial charge in [-0.15, -0.1) is 10.2 Å². The maximum atomic E-state index is 10.9. The van der Waals surface area contributed by atoms with Crippen molar-refractivity contribution >= 4 is 11.5 Å². The number of pyridine rings is 1. The summed E-state index contributed by atoms with van der Waals surface area (Å²) in [4.78, 5) is 13.1. The molecule has 0 bridgehead atoms. The molecule has 7 nitrogen and oxygen atoms in total. The second-order valence-corrected chi connectivity index (χ2v) is 5.06. The number of nitrogens with one attached hydrogen (secondary N) is 1. The minimum atomic E-state index is -0.409. The summed E-state index contributed by atoms with van der Waals surface area (Å²) < 4.78 is 5.14. The summed E-state index contributed by atoms with van der Waals surface area (Å²) >= 11 is 0. The highest BCUT2D eigenvalue weighted by atomic mass is 16.5. The molecule has 0 aliphatic rings. The molecule has 7 heteroatoms. The SMILES string of the molecule is CC(C)(C)c1cc(N=Nc2ccc(=O)[nH]c2O)no1. The molecule has 2 heterocycles. The quantitative estimate of drug-likeness (QED) is 0.812. The van der Waals surface area contributed by atoms with Crippen LogP contribution in [-0.4, -0.2) is 15.2 Å². The molecule has 0 aliphatic carbocycles. The molecule has 0 saturated carbocycles. The zero-order chi connectivity index (χ0) is 14.0. The van der Waals surface area contributed by atoms with Gasteiger partial charge in [-0.2, -0.15) is 0 Å². The second kappa shape index (κ2) is 4.68. The van der Waals surface area contributed by atoms with Crippen LogP contribution < -0.4 is 5.56 Å². The molecule has 0 fully saturated rings. The smallest absolute Gasteiger partial charge is 0.250 e. The van der Waals surface area contributed by atoms with E-state index in [1.54, 1.807) is 6.07 Å². The van der Waals surface area contributed by atoms with Crippen LogP contribution in [0.25, 0.3) is 0 Å². The van der Waals surface area contributed by atoms with Gasteiger partial charge in [-0.3, -0.25) is 9.78 Å². The summed E-state index contributed by atoms with van der Waals surface area (Å²) in [5, 5.41) is 20.8. The summed E-state index contributed by atoms with van der Waals surface area (Å²) in [5.74, 6) is 0.651. The van der Waals surface area contributed by atoms with Gasteiger partial charge >= 0.3 is 0 Å². The van der Waals surface area contributed by atoms with Crippen molar-refractivity contribution in [3.8, 4) is 5.88 Å². The Kier molecular flexibility index (Phi) is 3.20. The van der Waals surface area contributed by atoms with E-state index in [9.17, 15) is 9.90 Å². The summed E-state index contributed by atoms with van der Waals surface area (Å²) in [7, 11) is 0. The molecular weight excluding hydrogens is 248 g/mol. The molecule has 2 aromatic heterocycles. The number of hydrogen-bond donors (Lipinski definition) is 2. The summed E-state index contributed by atoms with van der Waals surface area (Å²) in [6.07, 6.45) is 0. The predicted octanol–water partition coefficient (Wildman–Crippen LogP) is 2.78. The summed E-state index contributed by atoms with van der Waals surface area (Å²) in [5.41, 5.74) is -0.422. The average molecular weight is 262 g/mol. The lowest BCUT2D eigenvalue weighted by Crippen LogP contribution is -2.08. The zero-order valence-corrected chi connectivity index (χ0v) is 10.8. The molecule has 19 heavy (non-hydrogen) atoms. The number of nitrogens with zero attached hydrogens (tertiary/aromatic N) is 3. The standard InChI is InChI=1S/C12H14N4O3/c1-12(2,3)8-6-9(16-19-8)15-14-7-4-5-10(17)13-11(7)18/h4-6H,1-3H3,(H2,13,17,18). The minimum Gasteiger partial charge on any atom is -0.493 e. The van der Waals surface area contributed by atoms with E-state index in [0.717, 1.165) is 0 Å². The first kappa shape index (κ1) is 13.0. The molecule has 100 valence electrons. The average Bonchev–Trinajstić information content (AvgIpc) is 2.76. The Bertz CT molecular complexity index is 664. The molecule has 0 atom stereocenters. The molecule has 0 unspecified atom stereocenters. The Morgan fingerprint density at radius 3 is 2.63 bits per heavy atom. The predicted molar refractivity (Wildman–Crippen MR) is 68.1 cm³/mol. The van der Waals surface area contributed by atoms with E-state index in [1.807, 2.05) is 20.8 Å². The molecule has 0 amide bonds. The number of aromatic hydroxyl groups is 1. The van der Waals surface area contributed by atoms with E-state index >= 15 is 0 Å². The van der Waals surface area contributed by atoms with Crippen molar-refractivity contribution in [1.82, 2.24) is 10.1 Å². The van der Waals surface area contributed by atoms with Crippen molar-refractivity contribution in [2.45, 2.75) is 26.2 Å². The highest BCUT2D eigenvalue weighted by Crippen LogP contribution is 2.27. The van der Waals surface area contributed by atoms with E-state index in [-0.39, 0.29) is 17.0 Å². The van der Waals surface area contributed by atoms with E-state index in [4.69, 9.17) is 4.52 Å². The topological polar surface area (TPSA) is 104 Å². The Hall–Kier alpha value is -2.44. The van der Waals surface area contributed by atoms with Crippen LogP contribution in [0.3, 0.4) is 0 Å². The van der Waals surface area contributed by atoms with Gasteiger partial charge in [0.1, 0.15) is 11.4 Å². The first-order valence-electron chi connectivity index (χ1n) is 5.67. The van der Waals surface area contributed by atoms with Crippen LogP contribution in [0.5, 0.6) is 5.88 Å². The lowest BCUT2D eigenvalue weighted by atomic mass is 9.93. The highest BCUT2D eigenvalue weighted by molar-refractivity contribution is 5.45. The van der Waals surface area contributed by atoms with Gasteiger partial charge in [0.25, 0.3) is 5.56 Å². The number of hydrogen-bond acceptors (Lipinski definition) is 6. The van der Waals surface area contributed by atoms with E-state index in [0.29, 0.717) is 11.6 Å². The maximum absolute atomic E-state index is 10.9. The second-order valence-electron chi connectivity index (χ2n) is 5.06. The number of azo groups is 1. The van der Waals surface area contributed by atoms with Crippen LogP contribution in [0.15, 0.2) is 37.7 Å². The van der Waals surface area contributed by atoms with Crippen molar-refractivity contribution in [3.05, 3.63) is 34.3 Å². The van der Waals surface area contributed by atoms with Gasteiger partial charge in [-0.05, 0) is 6.07 Å². The van der Waals surface area contributed by atoms with Gasteiger partial charge in [0.15, 0.2) is 0 Å². The Labute approximate surface area is 109 Å². The van der Waals surface area contributed by atoms with Crippen LogP contribution in [0.4, 0.5) is 11.5 Å². The number of rotatable bonds is 2. The van der Waals surface area contributed by atoms with Crippen molar-refractivity contribution < 1.29 is 9.63 Å². The number of aromatic nitrogens is 2. The molecule has 2 N–H and O–H groups in total. The summed E-state index contributed by atoms with van der Waals surface area (Å²) in [6, 6.07) is 4.28. The molecule has 0 radical (unpaired) electrons. The van der Waals surface area contributed by atoms with Gasteiger partial charge in [0.05, 0.1) is 0 Å². The monoisotopic (exact) mass is 262 g/mol. The van der Waals surface area contributed by atoms with Gasteiger partial charge < -0.3 is 9.63 Å². The van der Waals surface area contributed by atoms with E-state index in [2.05, 4.69) is 20.4 Å². The first-order valence-corrected chi connectivity index (χ1v) is 5.67. The largest absolute Gasteiger partial charge is 0.493 e. The molecule has 2 rings (SSSR count). The van der Waals surface area contributed by atoms with Crippen LogP contribution >= 0.6 is 0 Å². The van der Waals surface area contributed by atoms with Crippen molar-refractivity contribution in [1.29, 1.82) is 0 Å². The summed E-state index contributed by atoms with van der Waals surface area (Å²) in [6.45, 7) is 5.96. The van der Waals surface area contributed by atoms with Crippen LogP contribution in [0, 0.1) is 0 Å². The fourth-order valence-electron chi connectivity index (χ4n) is 1.31. The lowest BCUT2D eigenvalue weighted by molar-refractivity contribution is 0.330. The van der Waals surface area contributed by atoms with E-state index < -0.39 is 5.56 Å². The normalized spacial score (nSPS) is 12.2. The molecule has 0 saturated heterocycles. The minimum absolute atomic E-state index is 0.153. The zero-order valence-electron chi connectivity index (χ0n) is 10.8. The fourth-order valence-corrected chi connectivity index (χ4v) is 1.31. The van der Waals surface area contributed by atoms with Gasteiger partial charge in [-0.1, -0.05) is 25.9 Å². The molecular formula is C12H14N4O3. The Morgan fingerprint density at radius 1 is 1.32 bits per heavy atom. The van der Waals surface area contributed by atoms with Crippen molar-refractivity contribution in [3.63, 3.8) is 0 Å². The van der Waals surface area contributed by atoms with Gasteiger partial charge in [0.2, 0.25) is 11.7 Å². The maximum Gasteiger partial charge on any atom is 0.250 e. The molecule has 0 spiro atoms. The molecule has 0 aromatic carbocycles. The Balaban J connectivity index is 2.23. The highest BCUT2D eigenvalue weighted by Gasteiger charge is 2.19. The van der Waals surface area contributed by atoms with E-state index in [1.165, 1.54) is 12.1 Å². The third-order valence-corrected chi connectivity index (χ3v) is 2.37. The van der Waals surface area contributed by atoms with Gasteiger partial charge in [-0.25, -0.2) is 0 Å². The van der Waals surface area contributed by atoms with Crippen molar-refractivity contribution in [2.24, 2.45) is 10.2 Å². The third kappa shape index (κ3) is 3.06. The Morgan fingerprint density at radius 2 is 2.05 bits per heavy atom. The first-order chi connectivity index (χ1) is 8.86. The molecule has 2 aromatic rings. The number of H-pyrrole nitrogens is 1. The van der Waals surface area contributed by atoms with Crippen LogP contribution in [-0.2, 0) is 5.41 Å². The third-order valence-electron chi connectivity index (χ3n) is 2.37. The number of aromatic amines is 1. The fraction of sp³-hybridized carbons (Fsp3) is 0.333. The van der Waals surface area contributed by atoms with Crippen molar-refractivity contribution in [2.75, 3.05) is 0 Å². The van der Waals surface area contributed by atoms with Gasteiger partial charge in [0, 0.05) is 17.5 Å². The lowest BCUT2D eigenvalue weighted by Gasteiger charge is -2.11. The molecule has 0 aliphatic heterocycles. The van der Waals surface area contributed by atoms with Crippen LogP contribution in [0.2, 0.25) is 0 Å².